The number of aromatic nitrogens is 2. The van der Waals surface area contributed by atoms with Crippen molar-refractivity contribution in [3.05, 3.63) is 41.9 Å². The number of benzene rings is 1. The lowest BCUT2D eigenvalue weighted by Crippen LogP contribution is -2.41. The Bertz CT molecular complexity index is 728. The predicted octanol–water partition coefficient (Wildman–Crippen LogP) is 2.40. The monoisotopic (exact) mass is 342 g/mol. The van der Waals surface area contributed by atoms with Crippen LogP contribution in [0.3, 0.4) is 0 Å². The summed E-state index contributed by atoms with van der Waals surface area (Å²) in [5.74, 6) is 1.86. The molecular formula is C18H22N4O3. The summed E-state index contributed by atoms with van der Waals surface area (Å²) in [5, 5.41) is 3.21. The molecule has 0 spiro atoms. The largest absolute Gasteiger partial charge is 0.494 e. The van der Waals surface area contributed by atoms with Crippen molar-refractivity contribution >= 4 is 17.4 Å². The smallest absolute Gasteiger partial charge is 0.272 e. The minimum absolute atomic E-state index is 0.0939. The second-order valence-corrected chi connectivity index (χ2v) is 5.67. The minimum atomic E-state index is -0.0939. The van der Waals surface area contributed by atoms with Crippen LogP contribution in [0.15, 0.2) is 30.3 Å². The van der Waals surface area contributed by atoms with Gasteiger partial charge in [0.25, 0.3) is 5.91 Å². The minimum Gasteiger partial charge on any atom is -0.494 e. The van der Waals surface area contributed by atoms with Crippen LogP contribution in [0.4, 0.5) is 11.5 Å². The Morgan fingerprint density at radius 3 is 2.64 bits per heavy atom. The standard InChI is InChI=1S/C18H22N4O3/c1-3-25-15-6-4-14(5-7-15)21-17-12-16(19-13(2)20-17)18(23)22-8-10-24-11-9-22/h4-7,12H,3,8-11H2,1-2H3,(H,19,20,21). The fourth-order valence-corrected chi connectivity index (χ4v) is 2.62. The zero-order chi connectivity index (χ0) is 17.6. The second-order valence-electron chi connectivity index (χ2n) is 5.67. The fraction of sp³-hybridized carbons (Fsp3) is 0.389. The summed E-state index contributed by atoms with van der Waals surface area (Å²) < 4.78 is 10.7. The van der Waals surface area contributed by atoms with E-state index in [-0.39, 0.29) is 5.91 Å². The number of nitrogens with zero attached hydrogens (tertiary/aromatic N) is 3. The molecule has 1 N–H and O–H groups in total. The van der Waals surface area contributed by atoms with E-state index in [4.69, 9.17) is 9.47 Å². The molecule has 0 aliphatic carbocycles. The number of carbonyl (C=O) groups excluding carboxylic acids is 1. The summed E-state index contributed by atoms with van der Waals surface area (Å²) in [7, 11) is 0. The molecule has 3 rings (SSSR count). The van der Waals surface area contributed by atoms with Crippen LogP contribution in [0.1, 0.15) is 23.2 Å². The number of nitrogens with one attached hydrogen (secondary N) is 1. The number of amides is 1. The molecule has 1 amide bonds. The van der Waals surface area contributed by atoms with Crippen LogP contribution in [-0.2, 0) is 4.74 Å². The van der Waals surface area contributed by atoms with Crippen molar-refractivity contribution in [3.8, 4) is 5.75 Å². The van der Waals surface area contributed by atoms with Gasteiger partial charge in [0, 0.05) is 24.8 Å². The normalized spacial score (nSPS) is 14.2. The zero-order valence-corrected chi connectivity index (χ0v) is 14.5. The van der Waals surface area contributed by atoms with Gasteiger partial charge in [-0.05, 0) is 38.1 Å². The Morgan fingerprint density at radius 2 is 1.96 bits per heavy atom. The number of ether oxygens (including phenoxy) is 2. The van der Waals surface area contributed by atoms with Crippen molar-refractivity contribution in [2.45, 2.75) is 13.8 Å². The lowest BCUT2D eigenvalue weighted by atomic mass is 10.2. The molecule has 1 aliphatic rings. The third-order valence-electron chi connectivity index (χ3n) is 3.79. The maximum absolute atomic E-state index is 12.6. The summed E-state index contributed by atoms with van der Waals surface area (Å²) in [6.45, 7) is 6.65. The first-order valence-corrected chi connectivity index (χ1v) is 8.38. The van der Waals surface area contributed by atoms with Crippen LogP contribution in [0.25, 0.3) is 0 Å². The SMILES string of the molecule is CCOc1ccc(Nc2cc(C(=O)N3CCOCC3)nc(C)n2)cc1. The molecule has 7 heteroatoms. The van der Waals surface area contributed by atoms with Gasteiger partial charge in [-0.1, -0.05) is 0 Å². The average molecular weight is 342 g/mol. The van der Waals surface area contributed by atoms with Crippen LogP contribution in [0.2, 0.25) is 0 Å². The van der Waals surface area contributed by atoms with Crippen molar-refractivity contribution in [2.24, 2.45) is 0 Å². The molecule has 25 heavy (non-hydrogen) atoms. The number of hydrogen-bond acceptors (Lipinski definition) is 6. The summed E-state index contributed by atoms with van der Waals surface area (Å²) in [4.78, 5) is 23.0. The third-order valence-corrected chi connectivity index (χ3v) is 3.79. The molecule has 2 heterocycles. The molecule has 1 saturated heterocycles. The fourth-order valence-electron chi connectivity index (χ4n) is 2.62. The van der Waals surface area contributed by atoms with E-state index in [0.29, 0.717) is 50.2 Å². The highest BCUT2D eigenvalue weighted by Crippen LogP contribution is 2.20. The molecule has 0 saturated carbocycles. The Hall–Kier alpha value is -2.67. The molecule has 1 fully saturated rings. The summed E-state index contributed by atoms with van der Waals surface area (Å²) in [6.07, 6.45) is 0. The lowest BCUT2D eigenvalue weighted by molar-refractivity contribution is 0.0299. The van der Waals surface area contributed by atoms with E-state index in [1.54, 1.807) is 17.9 Å². The van der Waals surface area contributed by atoms with Crippen molar-refractivity contribution < 1.29 is 14.3 Å². The van der Waals surface area contributed by atoms with Crippen molar-refractivity contribution in [2.75, 3.05) is 38.2 Å². The molecule has 0 radical (unpaired) electrons. The van der Waals surface area contributed by atoms with E-state index in [0.717, 1.165) is 11.4 Å². The van der Waals surface area contributed by atoms with Crippen LogP contribution < -0.4 is 10.1 Å². The first kappa shape index (κ1) is 17.2. The first-order valence-electron chi connectivity index (χ1n) is 8.38. The molecular weight excluding hydrogens is 320 g/mol. The maximum atomic E-state index is 12.6. The lowest BCUT2D eigenvalue weighted by Gasteiger charge is -2.26. The predicted molar refractivity (Wildman–Crippen MR) is 94.4 cm³/mol. The molecule has 1 aromatic heterocycles. The molecule has 7 nitrogen and oxygen atoms in total. The average Bonchev–Trinajstić information content (AvgIpc) is 2.63. The summed E-state index contributed by atoms with van der Waals surface area (Å²) in [5.41, 5.74) is 1.26. The Kier molecular flexibility index (Phi) is 5.45. The van der Waals surface area contributed by atoms with Gasteiger partial charge in [0.1, 0.15) is 23.1 Å². The highest BCUT2D eigenvalue weighted by Gasteiger charge is 2.20. The molecule has 0 unspecified atom stereocenters. The van der Waals surface area contributed by atoms with Gasteiger partial charge in [-0.25, -0.2) is 9.97 Å². The Balaban J connectivity index is 1.75. The Labute approximate surface area is 147 Å². The molecule has 2 aromatic rings. The van der Waals surface area contributed by atoms with Crippen LogP contribution in [-0.4, -0.2) is 53.7 Å². The first-order chi connectivity index (χ1) is 12.2. The molecule has 1 aliphatic heterocycles. The third kappa shape index (κ3) is 4.45. The topological polar surface area (TPSA) is 76.6 Å². The highest BCUT2D eigenvalue weighted by atomic mass is 16.5. The van der Waals surface area contributed by atoms with Gasteiger partial charge >= 0.3 is 0 Å². The van der Waals surface area contributed by atoms with E-state index >= 15 is 0 Å². The van der Waals surface area contributed by atoms with Crippen LogP contribution >= 0.6 is 0 Å². The van der Waals surface area contributed by atoms with Crippen LogP contribution in [0, 0.1) is 6.92 Å². The van der Waals surface area contributed by atoms with Crippen molar-refractivity contribution in [3.63, 3.8) is 0 Å². The molecule has 0 bridgehead atoms. The summed E-state index contributed by atoms with van der Waals surface area (Å²) in [6, 6.07) is 9.28. The maximum Gasteiger partial charge on any atom is 0.272 e. The quantitative estimate of drug-likeness (QED) is 0.899. The molecule has 1 aromatic carbocycles. The number of hydrogen-bond donors (Lipinski definition) is 1. The number of morpholine rings is 1. The van der Waals surface area contributed by atoms with Gasteiger partial charge in [-0.15, -0.1) is 0 Å². The van der Waals surface area contributed by atoms with Gasteiger partial charge in [-0.2, -0.15) is 0 Å². The van der Waals surface area contributed by atoms with Crippen LogP contribution in [0.5, 0.6) is 5.75 Å². The number of anilines is 2. The van der Waals surface area contributed by atoms with E-state index in [1.165, 1.54) is 0 Å². The zero-order valence-electron chi connectivity index (χ0n) is 14.5. The van der Waals surface area contributed by atoms with E-state index in [9.17, 15) is 4.79 Å². The van der Waals surface area contributed by atoms with E-state index in [1.807, 2.05) is 31.2 Å². The number of aryl methyl sites for hydroxylation is 1. The summed E-state index contributed by atoms with van der Waals surface area (Å²) >= 11 is 0. The Morgan fingerprint density at radius 1 is 1.24 bits per heavy atom. The van der Waals surface area contributed by atoms with Crippen molar-refractivity contribution in [1.82, 2.24) is 14.9 Å². The van der Waals surface area contributed by atoms with Gasteiger partial charge < -0.3 is 19.7 Å². The molecule has 132 valence electrons. The van der Waals surface area contributed by atoms with Crippen molar-refractivity contribution in [1.29, 1.82) is 0 Å². The number of rotatable bonds is 5. The highest BCUT2D eigenvalue weighted by molar-refractivity contribution is 5.93. The second kappa shape index (κ2) is 7.94. The number of carbonyl (C=O) groups is 1. The van der Waals surface area contributed by atoms with E-state index in [2.05, 4.69) is 15.3 Å². The van der Waals surface area contributed by atoms with Gasteiger partial charge in [0.15, 0.2) is 0 Å². The van der Waals surface area contributed by atoms with E-state index < -0.39 is 0 Å². The van der Waals surface area contributed by atoms with Gasteiger partial charge in [0.2, 0.25) is 0 Å². The van der Waals surface area contributed by atoms with Gasteiger partial charge in [0.05, 0.1) is 19.8 Å². The van der Waals surface area contributed by atoms with Gasteiger partial charge in [-0.3, -0.25) is 4.79 Å². The molecule has 0 atom stereocenters.